The molecule has 3 amide bonds. The highest BCUT2D eigenvalue weighted by molar-refractivity contribution is 7.98. The molecule has 1 atom stereocenters. The Bertz CT molecular complexity index is 339. The maximum Gasteiger partial charge on any atom is 0.312 e. The number of nitrogens with two attached hydrogens (primary N) is 1. The zero-order valence-electron chi connectivity index (χ0n) is 12.2. The lowest BCUT2D eigenvalue weighted by Gasteiger charge is -2.23. The number of urea groups is 1. The maximum absolute atomic E-state index is 12.2. The third kappa shape index (κ3) is 7.88. The summed E-state index contributed by atoms with van der Waals surface area (Å²) in [7, 11) is 2.96. The van der Waals surface area contributed by atoms with E-state index in [9.17, 15) is 14.4 Å². The Morgan fingerprint density at radius 1 is 1.40 bits per heavy atom. The van der Waals surface area contributed by atoms with Gasteiger partial charge >= 0.3 is 12.0 Å². The molecule has 0 aliphatic rings. The highest BCUT2D eigenvalue weighted by atomic mass is 32.2. The molecule has 0 aromatic carbocycles. The highest BCUT2D eigenvalue weighted by Gasteiger charge is 2.22. The number of nitrogens with zero attached hydrogens (tertiary/aromatic N) is 1. The van der Waals surface area contributed by atoms with E-state index in [4.69, 9.17) is 5.73 Å². The van der Waals surface area contributed by atoms with Gasteiger partial charge in [-0.15, -0.1) is 0 Å². The number of thioether (sulfide) groups is 1. The number of nitrogens with one attached hydrogen (secondary N) is 1. The van der Waals surface area contributed by atoms with Gasteiger partial charge in [-0.05, 0) is 24.9 Å². The fourth-order valence-electron chi connectivity index (χ4n) is 1.60. The van der Waals surface area contributed by atoms with Crippen LogP contribution in [0.25, 0.3) is 0 Å². The van der Waals surface area contributed by atoms with Crippen molar-refractivity contribution < 1.29 is 19.1 Å². The first kappa shape index (κ1) is 18.6. The van der Waals surface area contributed by atoms with Crippen molar-refractivity contribution in [2.45, 2.75) is 25.3 Å². The molecule has 116 valence electrons. The van der Waals surface area contributed by atoms with E-state index in [1.54, 1.807) is 18.8 Å². The van der Waals surface area contributed by atoms with E-state index in [1.807, 2.05) is 6.26 Å². The quantitative estimate of drug-likeness (QED) is 0.592. The first-order valence-corrected chi connectivity index (χ1v) is 7.68. The fraction of sp³-hybridized carbons (Fsp3) is 0.750. The van der Waals surface area contributed by atoms with Crippen molar-refractivity contribution in [2.75, 3.05) is 32.7 Å². The average molecular weight is 305 g/mol. The first-order valence-electron chi connectivity index (χ1n) is 6.29. The number of esters is 1. The molecule has 0 aromatic heterocycles. The number of rotatable bonds is 9. The lowest BCUT2D eigenvalue weighted by atomic mass is 10.2. The van der Waals surface area contributed by atoms with Crippen LogP contribution in [0.1, 0.15) is 19.3 Å². The lowest BCUT2D eigenvalue weighted by Crippen LogP contribution is -2.49. The molecule has 0 aromatic rings. The van der Waals surface area contributed by atoms with Crippen molar-refractivity contribution in [3.05, 3.63) is 0 Å². The summed E-state index contributed by atoms with van der Waals surface area (Å²) < 4.78 is 4.53. The van der Waals surface area contributed by atoms with Crippen LogP contribution in [0.15, 0.2) is 0 Å². The van der Waals surface area contributed by atoms with Crippen molar-refractivity contribution in [1.29, 1.82) is 0 Å². The molecule has 0 heterocycles. The lowest BCUT2D eigenvalue weighted by molar-refractivity contribution is -0.141. The summed E-state index contributed by atoms with van der Waals surface area (Å²) in [5.41, 5.74) is 5.07. The van der Waals surface area contributed by atoms with E-state index in [1.165, 1.54) is 12.0 Å². The SMILES string of the molecule is COC(=O)CCCN(C)C(=O)C(CCSC)NC(N)=O. The van der Waals surface area contributed by atoms with Crippen LogP contribution in [0, 0.1) is 0 Å². The van der Waals surface area contributed by atoms with E-state index in [-0.39, 0.29) is 18.3 Å². The van der Waals surface area contributed by atoms with Crippen molar-refractivity contribution in [2.24, 2.45) is 5.73 Å². The predicted octanol–water partition coefficient (Wildman–Crippen LogP) is 0.188. The van der Waals surface area contributed by atoms with Crippen LogP contribution in [0.3, 0.4) is 0 Å². The Labute approximate surface area is 123 Å². The van der Waals surface area contributed by atoms with E-state index < -0.39 is 12.1 Å². The summed E-state index contributed by atoms with van der Waals surface area (Å²) in [6.07, 6.45) is 3.21. The van der Waals surface area contributed by atoms with Crippen LogP contribution >= 0.6 is 11.8 Å². The van der Waals surface area contributed by atoms with Gasteiger partial charge in [-0.3, -0.25) is 9.59 Å². The molecule has 7 nitrogen and oxygen atoms in total. The van der Waals surface area contributed by atoms with Gasteiger partial charge in [-0.1, -0.05) is 0 Å². The topological polar surface area (TPSA) is 102 Å². The highest BCUT2D eigenvalue weighted by Crippen LogP contribution is 2.05. The number of carbonyl (C=O) groups is 3. The molecule has 0 rings (SSSR count). The normalized spacial score (nSPS) is 11.6. The molecule has 0 spiro atoms. The zero-order valence-corrected chi connectivity index (χ0v) is 13.0. The largest absolute Gasteiger partial charge is 0.469 e. The Morgan fingerprint density at radius 3 is 2.55 bits per heavy atom. The van der Waals surface area contributed by atoms with E-state index in [0.29, 0.717) is 19.4 Å². The predicted molar refractivity (Wildman–Crippen MR) is 78.4 cm³/mol. The monoisotopic (exact) mass is 305 g/mol. The van der Waals surface area contributed by atoms with Crippen molar-refractivity contribution in [3.8, 4) is 0 Å². The fourth-order valence-corrected chi connectivity index (χ4v) is 2.08. The standard InChI is InChI=1S/C12H23N3O4S/c1-15(7-4-5-10(16)19-2)11(17)9(6-8-20-3)14-12(13)18/h9H,4-8H2,1-3H3,(H3,13,14,18). The summed E-state index contributed by atoms with van der Waals surface area (Å²) in [5, 5.41) is 2.45. The second-order valence-corrected chi connectivity index (χ2v) is 5.27. The smallest absolute Gasteiger partial charge is 0.312 e. The number of likely N-dealkylation sites (N-methyl/N-ethyl adjacent to an activating group) is 1. The molecule has 0 saturated carbocycles. The molecular weight excluding hydrogens is 282 g/mol. The third-order valence-electron chi connectivity index (χ3n) is 2.70. The Kier molecular flexibility index (Phi) is 9.61. The van der Waals surface area contributed by atoms with E-state index in [0.717, 1.165) is 5.75 Å². The van der Waals surface area contributed by atoms with Gasteiger partial charge in [0.15, 0.2) is 0 Å². The van der Waals surface area contributed by atoms with Gasteiger partial charge in [0.05, 0.1) is 7.11 Å². The van der Waals surface area contributed by atoms with Crippen LogP contribution in [0.2, 0.25) is 0 Å². The Morgan fingerprint density at radius 2 is 2.05 bits per heavy atom. The third-order valence-corrected chi connectivity index (χ3v) is 3.35. The minimum Gasteiger partial charge on any atom is -0.469 e. The summed E-state index contributed by atoms with van der Waals surface area (Å²) in [6.45, 7) is 0.421. The molecular formula is C12H23N3O4S. The van der Waals surface area contributed by atoms with E-state index in [2.05, 4.69) is 10.1 Å². The van der Waals surface area contributed by atoms with Gasteiger partial charge < -0.3 is 20.7 Å². The number of methoxy groups -OCH3 is 1. The Hall–Kier alpha value is -1.44. The van der Waals surface area contributed by atoms with Crippen molar-refractivity contribution >= 4 is 29.7 Å². The second kappa shape index (κ2) is 10.4. The molecule has 20 heavy (non-hydrogen) atoms. The zero-order chi connectivity index (χ0) is 15.5. The molecule has 8 heteroatoms. The molecule has 0 radical (unpaired) electrons. The molecule has 0 fully saturated rings. The minimum absolute atomic E-state index is 0.206. The molecule has 0 bridgehead atoms. The summed E-state index contributed by atoms with van der Waals surface area (Å²) in [4.78, 5) is 35.5. The molecule has 1 unspecified atom stereocenters. The minimum atomic E-state index is -0.715. The van der Waals surface area contributed by atoms with Gasteiger partial charge in [-0.2, -0.15) is 11.8 Å². The van der Waals surface area contributed by atoms with Crippen LogP contribution in [0.4, 0.5) is 4.79 Å². The number of carbonyl (C=O) groups excluding carboxylic acids is 3. The van der Waals surface area contributed by atoms with Crippen molar-refractivity contribution in [3.63, 3.8) is 0 Å². The van der Waals surface area contributed by atoms with Gasteiger partial charge in [0.1, 0.15) is 6.04 Å². The first-order chi connectivity index (χ1) is 9.42. The molecule has 0 saturated heterocycles. The number of ether oxygens (including phenoxy) is 1. The van der Waals surface area contributed by atoms with Crippen LogP contribution in [0.5, 0.6) is 0 Å². The number of hydrogen-bond acceptors (Lipinski definition) is 5. The molecule has 3 N–H and O–H groups in total. The number of amides is 3. The van der Waals surface area contributed by atoms with Gasteiger partial charge in [0.2, 0.25) is 5.91 Å². The number of hydrogen-bond donors (Lipinski definition) is 2. The summed E-state index contributed by atoms with van der Waals surface area (Å²) >= 11 is 1.59. The van der Waals surface area contributed by atoms with Crippen molar-refractivity contribution in [1.82, 2.24) is 10.2 Å². The van der Waals surface area contributed by atoms with Crippen LogP contribution in [-0.4, -0.2) is 61.6 Å². The van der Waals surface area contributed by atoms with Gasteiger partial charge in [0.25, 0.3) is 0 Å². The number of primary amides is 1. The summed E-state index contributed by atoms with van der Waals surface area (Å²) in [5.74, 6) is 0.231. The Balaban J connectivity index is 4.31. The average Bonchev–Trinajstić information content (AvgIpc) is 2.41. The maximum atomic E-state index is 12.2. The molecule has 0 aliphatic heterocycles. The van der Waals surface area contributed by atoms with Crippen LogP contribution < -0.4 is 11.1 Å². The van der Waals surface area contributed by atoms with E-state index >= 15 is 0 Å². The van der Waals surface area contributed by atoms with Crippen LogP contribution in [-0.2, 0) is 14.3 Å². The summed E-state index contributed by atoms with van der Waals surface area (Å²) in [6, 6.07) is -1.34. The van der Waals surface area contributed by atoms with Gasteiger partial charge in [-0.25, -0.2) is 4.79 Å². The molecule has 0 aliphatic carbocycles. The van der Waals surface area contributed by atoms with Gasteiger partial charge in [0, 0.05) is 20.0 Å². The second-order valence-electron chi connectivity index (χ2n) is 4.28.